The summed E-state index contributed by atoms with van der Waals surface area (Å²) < 4.78 is 1.61. The summed E-state index contributed by atoms with van der Waals surface area (Å²) in [6, 6.07) is 0. The molecule has 0 aliphatic rings. The van der Waals surface area contributed by atoms with Crippen molar-refractivity contribution in [2.45, 2.75) is 6.92 Å². The topological polar surface area (TPSA) is 74.0 Å². The fourth-order valence-corrected chi connectivity index (χ4v) is 0.923. The molecule has 6 heteroatoms. The largest absolute Gasteiger partial charge is 0.293 e. The summed E-state index contributed by atoms with van der Waals surface area (Å²) in [7, 11) is 3.39. The van der Waals surface area contributed by atoms with Crippen LogP contribution in [-0.2, 0) is 7.05 Å². The second kappa shape index (κ2) is 3.79. The van der Waals surface area contributed by atoms with E-state index in [1.165, 1.54) is 13.3 Å². The van der Waals surface area contributed by atoms with Crippen molar-refractivity contribution in [3.63, 3.8) is 0 Å². The standard InChI is InChI=1S/C7H11N5O/c1-5(13)6-7(9-4-8-2)12(3)11-10-6/h4H,1-3H3,(H,8,9,11,13)/p+1. The van der Waals surface area contributed by atoms with Crippen LogP contribution < -0.4 is 10.00 Å². The summed E-state index contributed by atoms with van der Waals surface area (Å²) in [6.07, 6.45) is 1.50. The monoisotopic (exact) mass is 182 g/mol. The maximum Gasteiger partial charge on any atom is 0.293 e. The molecule has 0 saturated heterocycles. The Kier molecular flexibility index (Phi) is 2.73. The quantitative estimate of drug-likeness (QED) is 0.286. The molecule has 0 amide bonds. The van der Waals surface area contributed by atoms with Gasteiger partial charge in [-0.15, -0.1) is 5.21 Å². The van der Waals surface area contributed by atoms with Crippen LogP contribution in [0.5, 0.6) is 0 Å². The van der Waals surface area contributed by atoms with Gasteiger partial charge >= 0.3 is 0 Å². The molecule has 1 heterocycles. The lowest BCUT2D eigenvalue weighted by Crippen LogP contribution is -2.33. The van der Waals surface area contributed by atoms with Gasteiger partial charge in [0.05, 0.1) is 7.05 Å². The van der Waals surface area contributed by atoms with Crippen molar-refractivity contribution in [2.24, 2.45) is 12.0 Å². The van der Waals surface area contributed by atoms with Crippen molar-refractivity contribution in [3.8, 4) is 0 Å². The highest BCUT2D eigenvalue weighted by Gasteiger charge is 2.20. The molecule has 70 valence electrons. The van der Waals surface area contributed by atoms with Crippen molar-refractivity contribution >= 4 is 17.9 Å². The molecule has 0 aliphatic heterocycles. The summed E-state index contributed by atoms with van der Waals surface area (Å²) in [5.41, 5.74) is 0.377. The van der Waals surface area contributed by atoms with Crippen LogP contribution in [0.1, 0.15) is 17.4 Å². The molecule has 2 N–H and O–H groups in total. The Morgan fingerprint density at radius 3 is 3.00 bits per heavy atom. The van der Waals surface area contributed by atoms with E-state index in [2.05, 4.69) is 20.6 Å². The molecule has 0 saturated carbocycles. The maximum absolute atomic E-state index is 11.1. The number of rotatable bonds is 3. The van der Waals surface area contributed by atoms with Crippen molar-refractivity contribution in [1.82, 2.24) is 10.3 Å². The Hall–Kier alpha value is -1.72. The van der Waals surface area contributed by atoms with Gasteiger partial charge in [0.1, 0.15) is 6.34 Å². The van der Waals surface area contributed by atoms with E-state index in [1.54, 1.807) is 18.8 Å². The zero-order valence-electron chi connectivity index (χ0n) is 7.83. The number of carbonyl (C=O) groups excluding carboxylic acids is 1. The number of ketones is 1. The summed E-state index contributed by atoms with van der Waals surface area (Å²) in [6.45, 7) is 1.46. The molecule has 6 nitrogen and oxygen atoms in total. The predicted octanol–water partition coefficient (Wildman–Crippen LogP) is -0.493. The molecule has 1 rings (SSSR count). The zero-order valence-corrected chi connectivity index (χ0v) is 7.83. The third kappa shape index (κ3) is 1.90. The van der Waals surface area contributed by atoms with Crippen molar-refractivity contribution in [1.29, 1.82) is 0 Å². The average Bonchev–Trinajstić information content (AvgIpc) is 2.43. The first-order chi connectivity index (χ1) is 6.16. The number of aliphatic imine (C=N–C) groups is 1. The molecule has 0 aromatic carbocycles. The SMILES string of the molecule is CN=CNc1c(C(C)=O)n[nH][n+]1C. The van der Waals surface area contributed by atoms with Crippen LogP contribution in [0.15, 0.2) is 4.99 Å². The number of hydrogen-bond donors (Lipinski definition) is 2. The van der Waals surface area contributed by atoms with Crippen molar-refractivity contribution in [3.05, 3.63) is 5.69 Å². The van der Waals surface area contributed by atoms with Crippen LogP contribution in [0.3, 0.4) is 0 Å². The third-order valence-corrected chi connectivity index (χ3v) is 1.54. The lowest BCUT2D eigenvalue weighted by molar-refractivity contribution is -0.717. The summed E-state index contributed by atoms with van der Waals surface area (Å²) in [5.74, 6) is 0.516. The van der Waals surface area contributed by atoms with Gasteiger partial charge in [-0.3, -0.25) is 15.1 Å². The number of hydrogen-bond acceptors (Lipinski definition) is 3. The number of nitrogens with zero attached hydrogens (tertiary/aromatic N) is 3. The number of anilines is 1. The minimum atomic E-state index is -0.0937. The molecule has 0 radical (unpaired) electrons. The van der Waals surface area contributed by atoms with Crippen molar-refractivity contribution < 1.29 is 9.48 Å². The molecule has 0 fully saturated rings. The van der Waals surface area contributed by atoms with Crippen LogP contribution in [-0.4, -0.2) is 29.5 Å². The van der Waals surface area contributed by atoms with E-state index in [0.29, 0.717) is 11.5 Å². The molecular weight excluding hydrogens is 170 g/mol. The molecule has 0 atom stereocenters. The van der Waals surface area contributed by atoms with Crippen LogP contribution in [0, 0.1) is 0 Å². The summed E-state index contributed by atoms with van der Waals surface area (Å²) >= 11 is 0. The molecule has 0 spiro atoms. The highest BCUT2D eigenvalue weighted by molar-refractivity contribution is 5.97. The van der Waals surface area contributed by atoms with Gasteiger partial charge in [-0.2, -0.15) is 4.68 Å². The minimum absolute atomic E-state index is 0.0937. The highest BCUT2D eigenvalue weighted by atomic mass is 16.1. The van der Waals surface area contributed by atoms with E-state index in [0.717, 1.165) is 0 Å². The fraction of sp³-hybridized carbons (Fsp3) is 0.429. The Balaban J connectivity index is 3.01. The summed E-state index contributed by atoms with van der Waals surface area (Å²) in [4.78, 5) is 14.8. The van der Waals surface area contributed by atoms with Gasteiger partial charge in [-0.1, -0.05) is 0 Å². The van der Waals surface area contributed by atoms with Gasteiger partial charge in [0.25, 0.3) is 11.5 Å². The van der Waals surface area contributed by atoms with E-state index in [1.807, 2.05) is 0 Å². The first-order valence-electron chi connectivity index (χ1n) is 3.79. The first kappa shape index (κ1) is 9.37. The second-order valence-corrected chi connectivity index (χ2v) is 2.56. The van der Waals surface area contributed by atoms with Crippen LogP contribution in [0.25, 0.3) is 0 Å². The van der Waals surface area contributed by atoms with E-state index in [9.17, 15) is 4.79 Å². The zero-order chi connectivity index (χ0) is 9.84. The van der Waals surface area contributed by atoms with Gasteiger partial charge in [-0.05, 0) is 5.10 Å². The predicted molar refractivity (Wildman–Crippen MR) is 47.8 cm³/mol. The lowest BCUT2D eigenvalue weighted by Gasteiger charge is -1.91. The Morgan fingerprint density at radius 1 is 1.77 bits per heavy atom. The average molecular weight is 182 g/mol. The van der Waals surface area contributed by atoms with E-state index in [4.69, 9.17) is 0 Å². The second-order valence-electron chi connectivity index (χ2n) is 2.56. The normalized spacial score (nSPS) is 10.7. The van der Waals surface area contributed by atoms with Gasteiger partial charge in [0, 0.05) is 14.0 Å². The molecule has 1 aromatic heterocycles. The summed E-state index contributed by atoms with van der Waals surface area (Å²) in [5, 5.41) is 9.33. The smallest absolute Gasteiger partial charge is 0.291 e. The number of aromatic amines is 1. The van der Waals surface area contributed by atoms with Crippen molar-refractivity contribution in [2.75, 3.05) is 12.4 Å². The Bertz CT molecular complexity index is 341. The molecule has 13 heavy (non-hydrogen) atoms. The number of carbonyl (C=O) groups is 1. The van der Waals surface area contributed by atoms with Gasteiger partial charge in [-0.25, -0.2) is 0 Å². The van der Waals surface area contributed by atoms with Gasteiger partial charge in [0.2, 0.25) is 5.78 Å². The Morgan fingerprint density at radius 2 is 2.46 bits per heavy atom. The Labute approximate surface area is 75.7 Å². The van der Waals surface area contributed by atoms with E-state index < -0.39 is 0 Å². The third-order valence-electron chi connectivity index (χ3n) is 1.54. The molecular formula is C7H12N5O+. The minimum Gasteiger partial charge on any atom is -0.291 e. The maximum atomic E-state index is 11.1. The van der Waals surface area contributed by atoms with E-state index in [-0.39, 0.29) is 5.78 Å². The van der Waals surface area contributed by atoms with Gasteiger partial charge in [0.15, 0.2) is 0 Å². The molecule has 0 bridgehead atoms. The fourth-order valence-electron chi connectivity index (χ4n) is 0.923. The number of Topliss-reactive ketones (excluding diaryl/α,β-unsaturated/α-hetero) is 1. The number of aromatic nitrogens is 3. The number of H-pyrrole nitrogens is 1. The number of aryl methyl sites for hydroxylation is 1. The van der Waals surface area contributed by atoms with Gasteiger partial charge < -0.3 is 0 Å². The molecule has 0 aliphatic carbocycles. The lowest BCUT2D eigenvalue weighted by atomic mass is 10.3. The highest BCUT2D eigenvalue weighted by Crippen LogP contribution is 2.04. The van der Waals surface area contributed by atoms with Crippen LogP contribution in [0.2, 0.25) is 0 Å². The van der Waals surface area contributed by atoms with Crippen LogP contribution >= 0.6 is 0 Å². The molecule has 0 unspecified atom stereocenters. The first-order valence-corrected chi connectivity index (χ1v) is 3.79. The van der Waals surface area contributed by atoms with E-state index >= 15 is 0 Å². The number of nitrogens with one attached hydrogen (secondary N) is 2. The molecule has 1 aromatic rings. The van der Waals surface area contributed by atoms with Crippen LogP contribution in [0.4, 0.5) is 5.82 Å².